The van der Waals surface area contributed by atoms with Gasteiger partial charge in [0, 0.05) is 57.0 Å². The Morgan fingerprint density at radius 2 is 2.22 bits per heavy atom. The molecule has 1 aromatic heterocycles. The van der Waals surface area contributed by atoms with Gasteiger partial charge in [-0.05, 0) is 22.0 Å². The van der Waals surface area contributed by atoms with Gasteiger partial charge in [0.05, 0.1) is 5.02 Å². The van der Waals surface area contributed by atoms with Crippen LogP contribution < -0.4 is 10.2 Å². The van der Waals surface area contributed by atoms with Crippen LogP contribution in [0.15, 0.2) is 16.7 Å². The second kappa shape index (κ2) is 6.70. The molecular weight excluding hydrogens is 316 g/mol. The Balaban J connectivity index is 1.88. The minimum Gasteiger partial charge on any atom is -0.357 e. The van der Waals surface area contributed by atoms with Crippen LogP contribution in [0.5, 0.6) is 0 Å². The first-order valence-corrected chi connectivity index (χ1v) is 7.29. The summed E-state index contributed by atoms with van der Waals surface area (Å²) in [6.07, 6.45) is 1.78. The molecule has 0 aliphatic carbocycles. The lowest BCUT2D eigenvalue weighted by atomic mass is 10.3. The molecule has 1 N–H and O–H groups in total. The van der Waals surface area contributed by atoms with Crippen LogP contribution in [0.25, 0.3) is 0 Å². The lowest BCUT2D eigenvalue weighted by Crippen LogP contribution is -2.46. The van der Waals surface area contributed by atoms with Gasteiger partial charge in [-0.25, -0.2) is 4.98 Å². The minimum absolute atomic E-state index is 0.687. The second-order valence-electron chi connectivity index (χ2n) is 4.47. The topological polar surface area (TPSA) is 31.4 Å². The van der Waals surface area contributed by atoms with Crippen LogP contribution in [0.2, 0.25) is 5.02 Å². The zero-order valence-electron chi connectivity index (χ0n) is 10.5. The van der Waals surface area contributed by atoms with Crippen molar-refractivity contribution in [2.45, 2.75) is 0 Å². The molecule has 100 valence electrons. The van der Waals surface area contributed by atoms with Crippen molar-refractivity contribution in [1.82, 2.24) is 15.2 Å². The molecule has 6 heteroatoms. The molecule has 1 aliphatic heterocycles. The third-order valence-corrected chi connectivity index (χ3v) is 3.82. The molecule has 0 aromatic carbocycles. The van der Waals surface area contributed by atoms with Gasteiger partial charge in [-0.1, -0.05) is 11.6 Å². The molecule has 1 fully saturated rings. The largest absolute Gasteiger partial charge is 0.357 e. The van der Waals surface area contributed by atoms with Crippen LogP contribution in [-0.4, -0.2) is 56.2 Å². The number of rotatable bonds is 4. The number of halogens is 2. The first-order valence-electron chi connectivity index (χ1n) is 6.12. The molecule has 2 rings (SSSR count). The molecule has 0 unspecified atom stereocenters. The predicted molar refractivity (Wildman–Crippen MR) is 79.5 cm³/mol. The van der Waals surface area contributed by atoms with Gasteiger partial charge in [0.1, 0.15) is 5.82 Å². The van der Waals surface area contributed by atoms with E-state index in [4.69, 9.17) is 11.6 Å². The van der Waals surface area contributed by atoms with E-state index in [1.807, 2.05) is 13.1 Å². The van der Waals surface area contributed by atoms with Gasteiger partial charge < -0.3 is 10.2 Å². The number of anilines is 1. The number of nitrogens with zero attached hydrogens (tertiary/aromatic N) is 3. The summed E-state index contributed by atoms with van der Waals surface area (Å²) in [7, 11) is 2.03. The molecular formula is C12H18BrClN4. The summed E-state index contributed by atoms with van der Waals surface area (Å²) in [4.78, 5) is 8.92. The lowest BCUT2D eigenvalue weighted by Gasteiger charge is -2.29. The molecule has 0 saturated carbocycles. The van der Waals surface area contributed by atoms with E-state index in [1.165, 1.54) is 0 Å². The fourth-order valence-corrected chi connectivity index (χ4v) is 2.79. The van der Waals surface area contributed by atoms with Gasteiger partial charge in [0.25, 0.3) is 0 Å². The molecule has 18 heavy (non-hydrogen) atoms. The molecule has 2 heterocycles. The first kappa shape index (κ1) is 14.1. The average molecular weight is 334 g/mol. The number of piperazine rings is 1. The number of hydrogen-bond acceptors (Lipinski definition) is 4. The molecule has 0 atom stereocenters. The molecule has 4 nitrogen and oxygen atoms in total. The average Bonchev–Trinajstić information content (AvgIpc) is 2.37. The molecule has 0 amide bonds. The van der Waals surface area contributed by atoms with Crippen molar-refractivity contribution in [1.29, 1.82) is 0 Å². The van der Waals surface area contributed by atoms with E-state index in [1.54, 1.807) is 6.20 Å². The van der Waals surface area contributed by atoms with E-state index >= 15 is 0 Å². The fraction of sp³-hybridized carbons (Fsp3) is 0.583. The number of nitrogens with one attached hydrogen (secondary N) is 1. The molecule has 0 radical (unpaired) electrons. The van der Waals surface area contributed by atoms with Crippen molar-refractivity contribution < 1.29 is 0 Å². The summed E-state index contributed by atoms with van der Waals surface area (Å²) < 4.78 is 0.909. The lowest BCUT2D eigenvalue weighted by molar-refractivity contribution is 0.246. The number of hydrogen-bond donors (Lipinski definition) is 1. The van der Waals surface area contributed by atoms with Crippen molar-refractivity contribution >= 4 is 33.3 Å². The predicted octanol–water partition coefficient (Wildman–Crippen LogP) is 1.84. The van der Waals surface area contributed by atoms with E-state index in [0.29, 0.717) is 5.02 Å². The monoisotopic (exact) mass is 332 g/mol. The van der Waals surface area contributed by atoms with Gasteiger partial charge in [0.15, 0.2) is 0 Å². The highest BCUT2D eigenvalue weighted by atomic mass is 79.9. The standard InChI is InChI=1S/C12H18BrClN4/c1-17(6-7-18-4-2-15-3-5-18)12-11(14)8-10(13)9-16-12/h8-9,15H,2-7H2,1H3. The van der Waals surface area contributed by atoms with Crippen molar-refractivity contribution in [3.05, 3.63) is 21.8 Å². The number of aromatic nitrogens is 1. The van der Waals surface area contributed by atoms with E-state index in [0.717, 1.165) is 49.6 Å². The van der Waals surface area contributed by atoms with E-state index in [9.17, 15) is 0 Å². The number of pyridine rings is 1. The van der Waals surface area contributed by atoms with Crippen molar-refractivity contribution in [2.24, 2.45) is 0 Å². The zero-order chi connectivity index (χ0) is 13.0. The maximum Gasteiger partial charge on any atom is 0.147 e. The molecule has 1 saturated heterocycles. The van der Waals surface area contributed by atoms with E-state index in [-0.39, 0.29) is 0 Å². The quantitative estimate of drug-likeness (QED) is 0.911. The normalized spacial score (nSPS) is 16.8. The Labute approximate surface area is 121 Å². The Morgan fingerprint density at radius 3 is 2.89 bits per heavy atom. The van der Waals surface area contributed by atoms with E-state index < -0.39 is 0 Å². The summed E-state index contributed by atoms with van der Waals surface area (Å²) in [5.74, 6) is 0.843. The molecule has 1 aromatic rings. The number of likely N-dealkylation sites (N-methyl/N-ethyl adjacent to an activating group) is 1. The maximum absolute atomic E-state index is 6.19. The maximum atomic E-state index is 6.19. The fourth-order valence-electron chi connectivity index (χ4n) is 2.02. The second-order valence-corrected chi connectivity index (χ2v) is 5.80. The molecule has 1 aliphatic rings. The third kappa shape index (κ3) is 3.82. The summed E-state index contributed by atoms with van der Waals surface area (Å²) in [5, 5.41) is 4.04. The Morgan fingerprint density at radius 1 is 1.50 bits per heavy atom. The zero-order valence-corrected chi connectivity index (χ0v) is 12.8. The van der Waals surface area contributed by atoms with Crippen molar-refractivity contribution in [3.8, 4) is 0 Å². The van der Waals surface area contributed by atoms with Gasteiger partial charge in [0.2, 0.25) is 0 Å². The van der Waals surface area contributed by atoms with Crippen molar-refractivity contribution in [3.63, 3.8) is 0 Å². The van der Waals surface area contributed by atoms with Crippen LogP contribution >= 0.6 is 27.5 Å². The highest BCUT2D eigenvalue weighted by Crippen LogP contribution is 2.25. The van der Waals surface area contributed by atoms with E-state index in [2.05, 4.69) is 36.0 Å². The Kier molecular flexibility index (Phi) is 5.24. The van der Waals surface area contributed by atoms with Crippen molar-refractivity contribution in [2.75, 3.05) is 51.2 Å². The third-order valence-electron chi connectivity index (χ3n) is 3.11. The Hall–Kier alpha value is -0.360. The highest BCUT2D eigenvalue weighted by molar-refractivity contribution is 9.10. The highest BCUT2D eigenvalue weighted by Gasteiger charge is 2.12. The summed E-state index contributed by atoms with van der Waals surface area (Å²) >= 11 is 9.55. The van der Waals surface area contributed by atoms with Gasteiger partial charge in [-0.2, -0.15) is 0 Å². The summed E-state index contributed by atoms with van der Waals surface area (Å²) in [6.45, 7) is 6.40. The van der Waals surface area contributed by atoms with Gasteiger partial charge in [-0.15, -0.1) is 0 Å². The summed E-state index contributed by atoms with van der Waals surface area (Å²) in [5.41, 5.74) is 0. The van der Waals surface area contributed by atoms with Crippen LogP contribution in [0.1, 0.15) is 0 Å². The molecule has 0 bridgehead atoms. The van der Waals surface area contributed by atoms with Crippen LogP contribution in [0, 0.1) is 0 Å². The minimum atomic E-state index is 0.687. The summed E-state index contributed by atoms with van der Waals surface area (Å²) in [6, 6.07) is 1.88. The van der Waals surface area contributed by atoms with Gasteiger partial charge >= 0.3 is 0 Å². The van der Waals surface area contributed by atoms with Gasteiger partial charge in [-0.3, -0.25) is 4.90 Å². The van der Waals surface area contributed by atoms with Crippen LogP contribution in [-0.2, 0) is 0 Å². The molecule has 0 spiro atoms. The SMILES string of the molecule is CN(CCN1CCNCC1)c1ncc(Br)cc1Cl. The first-order chi connectivity index (χ1) is 8.66. The van der Waals surface area contributed by atoms with Crippen LogP contribution in [0.3, 0.4) is 0 Å². The smallest absolute Gasteiger partial charge is 0.147 e. The Bertz CT molecular complexity index is 396. The van der Waals surface area contributed by atoms with Crippen LogP contribution in [0.4, 0.5) is 5.82 Å².